The number of allylic oxidation sites excluding steroid dienone is 2. The second-order valence-electron chi connectivity index (χ2n) is 9.86. The molecule has 3 aliphatic rings. The summed E-state index contributed by atoms with van der Waals surface area (Å²) in [5, 5.41) is 15.7. The quantitative estimate of drug-likeness (QED) is 0.579. The standard InChI is InChI=1S/C27H32N4OS/c1-16-28-25-20(10-13-24(25)33-16)27-30-22-15-17(8-12-23(22)31(27)2)14-19-9-11-21(29-19)26(32)18-6-4-3-5-7-18/h4,6-8,12,15,19-21,26,29,32H,3,5,9-11,13-14H2,1-2H3/t19-,20-,21+,26+/m0/s1. The summed E-state index contributed by atoms with van der Waals surface area (Å²) in [5.74, 6) is 1.45. The minimum atomic E-state index is -0.405. The summed E-state index contributed by atoms with van der Waals surface area (Å²) in [6.07, 6.45) is 13.5. The van der Waals surface area contributed by atoms with Crippen molar-refractivity contribution < 1.29 is 5.11 Å². The monoisotopic (exact) mass is 460 g/mol. The first-order chi connectivity index (χ1) is 16.1. The largest absolute Gasteiger partial charge is 0.387 e. The lowest BCUT2D eigenvalue weighted by Crippen LogP contribution is -2.40. The van der Waals surface area contributed by atoms with Crippen LogP contribution < -0.4 is 5.32 Å². The molecule has 0 saturated carbocycles. The zero-order valence-corrected chi connectivity index (χ0v) is 20.2. The third-order valence-electron chi connectivity index (χ3n) is 7.62. The molecule has 3 aromatic rings. The minimum Gasteiger partial charge on any atom is -0.387 e. The topological polar surface area (TPSA) is 63.0 Å². The van der Waals surface area contributed by atoms with E-state index in [0.29, 0.717) is 12.0 Å². The molecule has 0 amide bonds. The Morgan fingerprint density at radius 2 is 2.12 bits per heavy atom. The molecule has 0 spiro atoms. The Labute approximate surface area is 199 Å². The Hall–Kier alpha value is -2.28. The van der Waals surface area contributed by atoms with Crippen LogP contribution in [0.4, 0.5) is 0 Å². The smallest absolute Gasteiger partial charge is 0.118 e. The Kier molecular flexibility index (Phi) is 5.47. The van der Waals surface area contributed by atoms with E-state index in [0.717, 1.165) is 66.9 Å². The molecule has 1 fully saturated rings. The number of nitrogens with zero attached hydrogens (tertiary/aromatic N) is 3. The van der Waals surface area contributed by atoms with E-state index in [-0.39, 0.29) is 6.04 Å². The normalized spacial score (nSPS) is 25.5. The number of aliphatic hydroxyl groups excluding tert-OH is 1. The van der Waals surface area contributed by atoms with E-state index in [9.17, 15) is 5.11 Å². The van der Waals surface area contributed by atoms with Gasteiger partial charge in [0.15, 0.2) is 0 Å². The Morgan fingerprint density at radius 3 is 2.97 bits per heavy atom. The number of aliphatic hydroxyl groups is 1. The zero-order valence-electron chi connectivity index (χ0n) is 19.4. The first-order valence-electron chi connectivity index (χ1n) is 12.3. The van der Waals surface area contributed by atoms with Gasteiger partial charge >= 0.3 is 0 Å². The molecule has 0 bridgehead atoms. The highest BCUT2D eigenvalue weighted by Gasteiger charge is 2.32. The number of aryl methyl sites for hydroxylation is 3. The first kappa shape index (κ1) is 21.3. The van der Waals surface area contributed by atoms with E-state index in [1.165, 1.54) is 21.7 Å². The molecule has 2 aliphatic carbocycles. The fraction of sp³-hybridized carbons (Fsp3) is 0.481. The summed E-state index contributed by atoms with van der Waals surface area (Å²) in [6.45, 7) is 2.10. The number of hydrogen-bond acceptors (Lipinski definition) is 5. The van der Waals surface area contributed by atoms with Crippen LogP contribution in [0.3, 0.4) is 0 Å². The summed E-state index contributed by atoms with van der Waals surface area (Å²) in [5.41, 5.74) is 5.91. The molecular weight excluding hydrogens is 428 g/mol. The van der Waals surface area contributed by atoms with Gasteiger partial charge in [0.05, 0.1) is 33.8 Å². The summed E-state index contributed by atoms with van der Waals surface area (Å²) >= 11 is 1.84. The highest BCUT2D eigenvalue weighted by Crippen LogP contribution is 2.40. The molecule has 0 unspecified atom stereocenters. The molecule has 1 aromatic carbocycles. The van der Waals surface area contributed by atoms with Crippen LogP contribution in [0.5, 0.6) is 0 Å². The maximum Gasteiger partial charge on any atom is 0.118 e. The van der Waals surface area contributed by atoms with Crippen molar-refractivity contribution in [3.8, 4) is 0 Å². The van der Waals surface area contributed by atoms with E-state index in [1.807, 2.05) is 11.3 Å². The fourth-order valence-electron chi connectivity index (χ4n) is 5.93. The van der Waals surface area contributed by atoms with Gasteiger partial charge in [-0.15, -0.1) is 11.3 Å². The summed E-state index contributed by atoms with van der Waals surface area (Å²) in [7, 11) is 2.14. The number of hydrogen-bond donors (Lipinski definition) is 2. The first-order valence-corrected chi connectivity index (χ1v) is 13.1. The highest BCUT2D eigenvalue weighted by molar-refractivity contribution is 7.11. The van der Waals surface area contributed by atoms with Crippen molar-refractivity contribution in [2.24, 2.45) is 7.05 Å². The second-order valence-corrected chi connectivity index (χ2v) is 11.2. The van der Waals surface area contributed by atoms with Crippen molar-refractivity contribution in [1.82, 2.24) is 19.9 Å². The summed E-state index contributed by atoms with van der Waals surface area (Å²) in [4.78, 5) is 11.4. The van der Waals surface area contributed by atoms with Gasteiger partial charge in [0, 0.05) is 24.0 Å². The van der Waals surface area contributed by atoms with Crippen molar-refractivity contribution in [3.05, 3.63) is 69.0 Å². The van der Waals surface area contributed by atoms with E-state index >= 15 is 0 Å². The van der Waals surface area contributed by atoms with Crippen LogP contribution in [0.15, 0.2) is 42.0 Å². The molecule has 1 saturated heterocycles. The molecular formula is C27H32N4OS. The van der Waals surface area contributed by atoms with Crippen molar-refractivity contribution in [2.75, 3.05) is 0 Å². The number of aromatic nitrogens is 3. The van der Waals surface area contributed by atoms with Crippen LogP contribution >= 0.6 is 11.3 Å². The lowest BCUT2D eigenvalue weighted by Gasteiger charge is -2.22. The van der Waals surface area contributed by atoms with Gasteiger partial charge in [-0.05, 0) is 75.1 Å². The number of imidazole rings is 1. The number of nitrogens with one attached hydrogen (secondary N) is 1. The van der Waals surface area contributed by atoms with Crippen LogP contribution in [0.1, 0.15) is 65.0 Å². The second kappa shape index (κ2) is 8.49. The SMILES string of the molecule is Cc1nc2c(s1)CC[C@@H]2c1nc2cc(C[C@@H]3CC[C@H]([C@H](O)C4=CCCC=C4)N3)ccc2n1C. The van der Waals surface area contributed by atoms with Crippen molar-refractivity contribution in [3.63, 3.8) is 0 Å². The van der Waals surface area contributed by atoms with E-state index in [2.05, 4.69) is 60.3 Å². The third-order valence-corrected chi connectivity index (χ3v) is 8.67. The molecule has 6 heteroatoms. The average molecular weight is 461 g/mol. The highest BCUT2D eigenvalue weighted by atomic mass is 32.1. The molecule has 3 heterocycles. The van der Waals surface area contributed by atoms with Crippen molar-refractivity contribution >= 4 is 22.4 Å². The van der Waals surface area contributed by atoms with Crippen LogP contribution in [0.25, 0.3) is 11.0 Å². The average Bonchev–Trinajstić information content (AvgIpc) is 3.58. The maximum atomic E-state index is 10.8. The molecule has 1 aliphatic heterocycles. The lowest BCUT2D eigenvalue weighted by atomic mass is 9.96. The van der Waals surface area contributed by atoms with Crippen LogP contribution in [0.2, 0.25) is 0 Å². The summed E-state index contributed by atoms with van der Waals surface area (Å²) in [6, 6.07) is 7.28. The fourth-order valence-corrected chi connectivity index (χ4v) is 6.95. The van der Waals surface area contributed by atoms with Gasteiger partial charge < -0.3 is 15.0 Å². The predicted octanol–water partition coefficient (Wildman–Crippen LogP) is 4.72. The zero-order chi connectivity index (χ0) is 22.5. The molecule has 6 rings (SSSR count). The molecule has 33 heavy (non-hydrogen) atoms. The van der Waals surface area contributed by atoms with E-state index in [1.54, 1.807) is 0 Å². The Balaban J connectivity index is 1.18. The van der Waals surface area contributed by atoms with Crippen LogP contribution in [-0.2, 0) is 19.9 Å². The molecule has 2 N–H and O–H groups in total. The lowest BCUT2D eigenvalue weighted by molar-refractivity contribution is 0.170. The van der Waals surface area contributed by atoms with Gasteiger partial charge in [-0.1, -0.05) is 24.3 Å². The van der Waals surface area contributed by atoms with Gasteiger partial charge in [0.25, 0.3) is 0 Å². The van der Waals surface area contributed by atoms with E-state index < -0.39 is 6.10 Å². The molecule has 172 valence electrons. The number of thiazole rings is 1. The molecule has 0 radical (unpaired) electrons. The van der Waals surface area contributed by atoms with Gasteiger partial charge in [-0.3, -0.25) is 0 Å². The molecule has 5 nitrogen and oxygen atoms in total. The van der Waals surface area contributed by atoms with Crippen LogP contribution in [-0.4, -0.2) is 37.8 Å². The molecule has 2 aromatic heterocycles. The maximum absolute atomic E-state index is 10.8. The van der Waals surface area contributed by atoms with Crippen LogP contribution in [0, 0.1) is 6.92 Å². The van der Waals surface area contributed by atoms with Gasteiger partial charge in [0.2, 0.25) is 0 Å². The van der Waals surface area contributed by atoms with Crippen molar-refractivity contribution in [2.45, 2.75) is 76.0 Å². The van der Waals surface area contributed by atoms with E-state index in [4.69, 9.17) is 9.97 Å². The minimum absolute atomic E-state index is 0.146. The van der Waals surface area contributed by atoms with Gasteiger partial charge in [0.1, 0.15) is 5.82 Å². The Morgan fingerprint density at radius 1 is 1.21 bits per heavy atom. The number of rotatable bonds is 5. The van der Waals surface area contributed by atoms with Crippen molar-refractivity contribution in [1.29, 1.82) is 0 Å². The van der Waals surface area contributed by atoms with Gasteiger partial charge in [-0.2, -0.15) is 0 Å². The Bertz CT molecular complexity index is 1250. The third kappa shape index (κ3) is 3.88. The number of fused-ring (bicyclic) bond motifs is 2. The number of benzene rings is 1. The van der Waals surface area contributed by atoms with Gasteiger partial charge in [-0.25, -0.2) is 9.97 Å². The molecule has 4 atom stereocenters. The predicted molar refractivity (Wildman–Crippen MR) is 134 cm³/mol. The summed E-state index contributed by atoms with van der Waals surface area (Å²) < 4.78 is 2.26.